The number of piperidine rings is 1. The van der Waals surface area contributed by atoms with Crippen LogP contribution in [0.25, 0.3) is 0 Å². The highest BCUT2D eigenvalue weighted by molar-refractivity contribution is 5.91. The van der Waals surface area contributed by atoms with Crippen LogP contribution in [0.15, 0.2) is 0 Å². The van der Waals surface area contributed by atoms with E-state index >= 15 is 0 Å². The number of carbonyl (C=O) groups excluding carboxylic acids is 2. The van der Waals surface area contributed by atoms with E-state index in [0.717, 1.165) is 26.2 Å². The van der Waals surface area contributed by atoms with Crippen molar-refractivity contribution in [2.24, 2.45) is 5.41 Å². The third kappa shape index (κ3) is 1.92. The van der Waals surface area contributed by atoms with Crippen molar-refractivity contribution in [3.63, 3.8) is 0 Å². The lowest BCUT2D eigenvalue weighted by molar-refractivity contribution is -0.147. The molecule has 0 radical (unpaired) electrons. The average molecular weight is 237 g/mol. The molecule has 0 saturated carbocycles. The standard InChI is InChI=1S/C12H19N3O2/c16-10-2-1-9(14-10)11(17)15-7-12(8-15)3-5-13-6-4-12/h9,13H,1-8H2,(H,14,16)/t9-/m1/s1. The minimum Gasteiger partial charge on any atom is -0.344 e. The molecule has 94 valence electrons. The molecule has 0 aromatic carbocycles. The first-order chi connectivity index (χ1) is 8.19. The zero-order chi connectivity index (χ0) is 11.9. The van der Waals surface area contributed by atoms with Gasteiger partial charge in [0.05, 0.1) is 0 Å². The maximum Gasteiger partial charge on any atom is 0.245 e. The molecule has 0 aliphatic carbocycles. The van der Waals surface area contributed by atoms with Gasteiger partial charge in [-0.05, 0) is 32.4 Å². The van der Waals surface area contributed by atoms with Gasteiger partial charge in [-0.15, -0.1) is 0 Å². The lowest BCUT2D eigenvalue weighted by Gasteiger charge is -2.53. The molecule has 5 heteroatoms. The Morgan fingerprint density at radius 3 is 2.59 bits per heavy atom. The number of hydrogen-bond acceptors (Lipinski definition) is 3. The summed E-state index contributed by atoms with van der Waals surface area (Å²) in [6.45, 7) is 3.92. The van der Waals surface area contributed by atoms with Gasteiger partial charge in [-0.2, -0.15) is 0 Å². The summed E-state index contributed by atoms with van der Waals surface area (Å²) in [5, 5.41) is 6.10. The highest BCUT2D eigenvalue weighted by Crippen LogP contribution is 2.39. The Balaban J connectivity index is 1.54. The van der Waals surface area contributed by atoms with Crippen molar-refractivity contribution < 1.29 is 9.59 Å². The Hall–Kier alpha value is -1.10. The van der Waals surface area contributed by atoms with Gasteiger partial charge in [0.1, 0.15) is 6.04 Å². The molecular weight excluding hydrogens is 218 g/mol. The second-order valence-corrected chi connectivity index (χ2v) is 5.60. The molecule has 0 aromatic heterocycles. The molecule has 0 aromatic rings. The molecule has 3 saturated heterocycles. The first kappa shape index (κ1) is 11.0. The predicted octanol–water partition coefficient (Wildman–Crippen LogP) is -0.523. The largest absolute Gasteiger partial charge is 0.344 e. The number of carbonyl (C=O) groups is 2. The molecule has 17 heavy (non-hydrogen) atoms. The molecule has 0 unspecified atom stereocenters. The number of hydrogen-bond donors (Lipinski definition) is 2. The van der Waals surface area contributed by atoms with Gasteiger partial charge in [0.2, 0.25) is 11.8 Å². The van der Waals surface area contributed by atoms with E-state index in [1.807, 2.05) is 4.90 Å². The highest BCUT2D eigenvalue weighted by atomic mass is 16.2. The van der Waals surface area contributed by atoms with Gasteiger partial charge in [-0.1, -0.05) is 0 Å². The van der Waals surface area contributed by atoms with Crippen molar-refractivity contribution in [1.29, 1.82) is 0 Å². The molecule has 0 bridgehead atoms. The molecule has 5 nitrogen and oxygen atoms in total. The Labute approximate surface area is 101 Å². The highest BCUT2D eigenvalue weighted by Gasteiger charge is 2.47. The molecule has 3 fully saturated rings. The Kier molecular flexibility index (Phi) is 2.58. The van der Waals surface area contributed by atoms with E-state index in [4.69, 9.17) is 0 Å². The molecular formula is C12H19N3O2. The SMILES string of the molecule is O=C1CC[C@H](C(=O)N2CC3(CCNCC3)C2)N1. The molecule has 3 aliphatic rings. The van der Waals surface area contributed by atoms with Crippen LogP contribution in [0.5, 0.6) is 0 Å². The van der Waals surface area contributed by atoms with E-state index in [1.54, 1.807) is 0 Å². The fourth-order valence-corrected chi connectivity index (χ4v) is 3.21. The van der Waals surface area contributed by atoms with Crippen LogP contribution in [0.3, 0.4) is 0 Å². The van der Waals surface area contributed by atoms with Crippen molar-refractivity contribution in [1.82, 2.24) is 15.5 Å². The molecule has 3 aliphatic heterocycles. The monoisotopic (exact) mass is 237 g/mol. The van der Waals surface area contributed by atoms with E-state index < -0.39 is 0 Å². The zero-order valence-electron chi connectivity index (χ0n) is 10.00. The van der Waals surface area contributed by atoms with Gasteiger partial charge in [0.25, 0.3) is 0 Å². The summed E-state index contributed by atoms with van der Waals surface area (Å²) in [7, 11) is 0. The van der Waals surface area contributed by atoms with Gasteiger partial charge in [-0.3, -0.25) is 9.59 Å². The van der Waals surface area contributed by atoms with Crippen molar-refractivity contribution >= 4 is 11.8 Å². The van der Waals surface area contributed by atoms with Crippen LogP contribution in [-0.4, -0.2) is 48.9 Å². The maximum atomic E-state index is 12.1. The number of likely N-dealkylation sites (tertiary alicyclic amines) is 1. The number of nitrogens with zero attached hydrogens (tertiary/aromatic N) is 1. The smallest absolute Gasteiger partial charge is 0.245 e. The molecule has 1 spiro atoms. The summed E-state index contributed by atoms with van der Waals surface area (Å²) in [6.07, 6.45) is 3.52. The molecule has 3 heterocycles. The molecule has 2 amide bonds. The summed E-state index contributed by atoms with van der Waals surface area (Å²) in [6, 6.07) is -0.249. The van der Waals surface area contributed by atoms with E-state index in [-0.39, 0.29) is 17.9 Å². The van der Waals surface area contributed by atoms with Crippen LogP contribution in [0.4, 0.5) is 0 Å². The zero-order valence-corrected chi connectivity index (χ0v) is 10.00. The van der Waals surface area contributed by atoms with Crippen LogP contribution in [-0.2, 0) is 9.59 Å². The number of nitrogens with one attached hydrogen (secondary N) is 2. The first-order valence-corrected chi connectivity index (χ1v) is 6.47. The molecule has 3 rings (SSSR count). The van der Waals surface area contributed by atoms with Crippen molar-refractivity contribution in [2.75, 3.05) is 26.2 Å². The predicted molar refractivity (Wildman–Crippen MR) is 62.3 cm³/mol. The summed E-state index contributed by atoms with van der Waals surface area (Å²) >= 11 is 0. The Morgan fingerprint density at radius 2 is 2.00 bits per heavy atom. The molecule has 1 atom stereocenters. The van der Waals surface area contributed by atoms with Crippen molar-refractivity contribution in [2.45, 2.75) is 31.7 Å². The van der Waals surface area contributed by atoms with Crippen molar-refractivity contribution in [3.05, 3.63) is 0 Å². The van der Waals surface area contributed by atoms with Crippen LogP contribution in [0.1, 0.15) is 25.7 Å². The number of amides is 2. The Morgan fingerprint density at radius 1 is 1.29 bits per heavy atom. The van der Waals surface area contributed by atoms with Gasteiger partial charge >= 0.3 is 0 Å². The van der Waals surface area contributed by atoms with Gasteiger partial charge in [0.15, 0.2) is 0 Å². The van der Waals surface area contributed by atoms with E-state index in [1.165, 1.54) is 12.8 Å². The van der Waals surface area contributed by atoms with Gasteiger partial charge < -0.3 is 15.5 Å². The van der Waals surface area contributed by atoms with Crippen LogP contribution >= 0.6 is 0 Å². The fourth-order valence-electron chi connectivity index (χ4n) is 3.21. The van der Waals surface area contributed by atoms with E-state index in [9.17, 15) is 9.59 Å². The quantitative estimate of drug-likeness (QED) is 0.645. The minimum atomic E-state index is -0.249. The first-order valence-electron chi connectivity index (χ1n) is 6.47. The summed E-state index contributed by atoms with van der Waals surface area (Å²) in [5.74, 6) is 0.139. The molecule has 2 N–H and O–H groups in total. The van der Waals surface area contributed by atoms with Crippen LogP contribution in [0, 0.1) is 5.41 Å². The van der Waals surface area contributed by atoms with Crippen LogP contribution < -0.4 is 10.6 Å². The lowest BCUT2D eigenvalue weighted by atomic mass is 9.72. The van der Waals surface area contributed by atoms with Gasteiger partial charge in [-0.25, -0.2) is 0 Å². The summed E-state index contributed by atoms with van der Waals surface area (Å²) < 4.78 is 0. The third-order valence-electron chi connectivity index (χ3n) is 4.32. The third-order valence-corrected chi connectivity index (χ3v) is 4.32. The normalized spacial score (nSPS) is 31.2. The number of rotatable bonds is 1. The van der Waals surface area contributed by atoms with Gasteiger partial charge in [0, 0.05) is 24.9 Å². The van der Waals surface area contributed by atoms with E-state index in [2.05, 4.69) is 10.6 Å². The maximum absolute atomic E-state index is 12.1. The second kappa shape index (κ2) is 3.98. The fraction of sp³-hybridized carbons (Fsp3) is 0.833. The van der Waals surface area contributed by atoms with Crippen molar-refractivity contribution in [3.8, 4) is 0 Å². The average Bonchev–Trinajstić information content (AvgIpc) is 2.73. The Bertz CT molecular complexity index is 342. The topological polar surface area (TPSA) is 61.4 Å². The lowest BCUT2D eigenvalue weighted by Crippen LogP contribution is -2.63. The minimum absolute atomic E-state index is 0.0143. The van der Waals surface area contributed by atoms with Crippen LogP contribution in [0.2, 0.25) is 0 Å². The van der Waals surface area contributed by atoms with E-state index in [0.29, 0.717) is 18.3 Å². The summed E-state index contributed by atoms with van der Waals surface area (Å²) in [4.78, 5) is 25.1. The second-order valence-electron chi connectivity index (χ2n) is 5.60. The summed E-state index contributed by atoms with van der Waals surface area (Å²) in [5.41, 5.74) is 0.378.